The smallest absolute Gasteiger partial charge is 0.220 e. The standard InChI is InChI=1S/C21H27NO2/c1-16-15-19(11-13-20(16)24-3)12-14-21(23)22-17(2)9-10-18-7-5-4-6-8-18/h4-8,11,13,15,17H,9-10,12,14H2,1-3H3,(H,22,23)/t17-/m0/s1. The highest BCUT2D eigenvalue weighted by atomic mass is 16.5. The van der Waals surface area contributed by atoms with Crippen molar-refractivity contribution in [1.82, 2.24) is 5.32 Å². The van der Waals surface area contributed by atoms with E-state index in [1.807, 2.05) is 25.1 Å². The topological polar surface area (TPSA) is 38.3 Å². The second-order valence-corrected chi connectivity index (χ2v) is 6.30. The van der Waals surface area contributed by atoms with Crippen LogP contribution in [0.1, 0.15) is 36.5 Å². The van der Waals surface area contributed by atoms with E-state index in [1.54, 1.807) is 7.11 Å². The quantitative estimate of drug-likeness (QED) is 0.794. The molecule has 2 rings (SSSR count). The van der Waals surface area contributed by atoms with Crippen molar-refractivity contribution in [3.8, 4) is 5.75 Å². The first-order valence-corrected chi connectivity index (χ1v) is 8.55. The molecule has 0 saturated carbocycles. The second kappa shape index (κ2) is 9.11. The number of methoxy groups -OCH3 is 1. The lowest BCUT2D eigenvalue weighted by Crippen LogP contribution is -2.33. The number of benzene rings is 2. The van der Waals surface area contributed by atoms with Gasteiger partial charge in [0.25, 0.3) is 0 Å². The van der Waals surface area contributed by atoms with Crippen molar-refractivity contribution in [3.05, 3.63) is 65.2 Å². The van der Waals surface area contributed by atoms with Gasteiger partial charge in [-0.05, 0) is 55.9 Å². The van der Waals surface area contributed by atoms with Crippen LogP contribution in [-0.2, 0) is 17.6 Å². The second-order valence-electron chi connectivity index (χ2n) is 6.30. The zero-order valence-corrected chi connectivity index (χ0v) is 14.8. The minimum Gasteiger partial charge on any atom is -0.496 e. The molecule has 0 saturated heterocycles. The SMILES string of the molecule is COc1ccc(CCC(=O)N[C@@H](C)CCc2ccccc2)cc1C. The summed E-state index contributed by atoms with van der Waals surface area (Å²) in [5, 5.41) is 3.09. The number of rotatable bonds is 8. The molecule has 0 heterocycles. The van der Waals surface area contributed by atoms with Crippen LogP contribution < -0.4 is 10.1 Å². The van der Waals surface area contributed by atoms with Crippen molar-refractivity contribution in [1.29, 1.82) is 0 Å². The van der Waals surface area contributed by atoms with Crippen molar-refractivity contribution >= 4 is 5.91 Å². The fourth-order valence-electron chi connectivity index (χ4n) is 2.80. The maximum atomic E-state index is 12.1. The highest BCUT2D eigenvalue weighted by Gasteiger charge is 2.08. The maximum Gasteiger partial charge on any atom is 0.220 e. The van der Waals surface area contributed by atoms with E-state index < -0.39 is 0 Å². The Bertz CT molecular complexity index is 652. The fraction of sp³-hybridized carbons (Fsp3) is 0.381. The van der Waals surface area contributed by atoms with Crippen LogP contribution in [0.2, 0.25) is 0 Å². The van der Waals surface area contributed by atoms with Gasteiger partial charge in [0.05, 0.1) is 7.11 Å². The third kappa shape index (κ3) is 5.73. The molecule has 0 radical (unpaired) electrons. The highest BCUT2D eigenvalue weighted by molar-refractivity contribution is 5.76. The summed E-state index contributed by atoms with van der Waals surface area (Å²) in [5.41, 5.74) is 3.58. The molecule has 0 fully saturated rings. The van der Waals surface area contributed by atoms with E-state index in [1.165, 1.54) is 11.1 Å². The molecule has 0 aliphatic carbocycles. The number of carbonyl (C=O) groups is 1. The third-order valence-corrected chi connectivity index (χ3v) is 4.22. The van der Waals surface area contributed by atoms with E-state index in [4.69, 9.17) is 4.74 Å². The molecule has 1 atom stereocenters. The minimum absolute atomic E-state index is 0.115. The average molecular weight is 325 g/mol. The third-order valence-electron chi connectivity index (χ3n) is 4.22. The number of carbonyl (C=O) groups excluding carboxylic acids is 1. The first-order valence-electron chi connectivity index (χ1n) is 8.55. The summed E-state index contributed by atoms with van der Waals surface area (Å²) in [6.07, 6.45) is 3.21. The zero-order chi connectivity index (χ0) is 17.4. The predicted octanol–water partition coefficient (Wildman–Crippen LogP) is 4.07. The Hall–Kier alpha value is -2.29. The van der Waals surface area contributed by atoms with Crippen molar-refractivity contribution in [2.75, 3.05) is 7.11 Å². The minimum atomic E-state index is 0.115. The van der Waals surface area contributed by atoms with Gasteiger partial charge in [0.15, 0.2) is 0 Å². The Morgan fingerprint density at radius 3 is 2.50 bits per heavy atom. The Kier molecular flexibility index (Phi) is 6.86. The van der Waals surface area contributed by atoms with Crippen LogP contribution in [0.4, 0.5) is 0 Å². The summed E-state index contributed by atoms with van der Waals surface area (Å²) >= 11 is 0. The molecule has 0 unspecified atom stereocenters. The van der Waals surface area contributed by atoms with Crippen molar-refractivity contribution in [3.63, 3.8) is 0 Å². The molecule has 0 aliphatic heterocycles. The van der Waals surface area contributed by atoms with Gasteiger partial charge >= 0.3 is 0 Å². The first-order chi connectivity index (χ1) is 11.6. The molecule has 2 aromatic rings. The van der Waals surface area contributed by atoms with Gasteiger partial charge in [0.2, 0.25) is 5.91 Å². The van der Waals surface area contributed by atoms with Crippen molar-refractivity contribution in [2.24, 2.45) is 0 Å². The van der Waals surface area contributed by atoms with E-state index in [2.05, 4.69) is 42.6 Å². The van der Waals surface area contributed by atoms with Crippen LogP contribution in [-0.4, -0.2) is 19.1 Å². The van der Waals surface area contributed by atoms with Gasteiger partial charge in [-0.15, -0.1) is 0 Å². The van der Waals surface area contributed by atoms with E-state index >= 15 is 0 Å². The Morgan fingerprint density at radius 1 is 1.08 bits per heavy atom. The normalized spacial score (nSPS) is 11.8. The molecule has 0 bridgehead atoms. The van der Waals surface area contributed by atoms with Gasteiger partial charge < -0.3 is 10.1 Å². The van der Waals surface area contributed by atoms with Gasteiger partial charge in [-0.3, -0.25) is 4.79 Å². The lowest BCUT2D eigenvalue weighted by Gasteiger charge is -2.14. The predicted molar refractivity (Wildman–Crippen MR) is 98.4 cm³/mol. The molecule has 0 aromatic heterocycles. The van der Waals surface area contributed by atoms with Gasteiger partial charge in [-0.2, -0.15) is 0 Å². The van der Waals surface area contributed by atoms with Gasteiger partial charge in [-0.25, -0.2) is 0 Å². The number of aryl methyl sites for hydroxylation is 3. The summed E-state index contributed by atoms with van der Waals surface area (Å²) in [6.45, 7) is 4.09. The highest BCUT2D eigenvalue weighted by Crippen LogP contribution is 2.19. The van der Waals surface area contributed by atoms with Gasteiger partial charge in [0, 0.05) is 12.5 Å². The molecular weight excluding hydrogens is 298 g/mol. The van der Waals surface area contributed by atoms with E-state index in [-0.39, 0.29) is 11.9 Å². The molecule has 128 valence electrons. The van der Waals surface area contributed by atoms with Crippen LogP contribution in [0.15, 0.2) is 48.5 Å². The Morgan fingerprint density at radius 2 is 1.83 bits per heavy atom. The number of nitrogens with one attached hydrogen (secondary N) is 1. The van der Waals surface area contributed by atoms with E-state index in [0.29, 0.717) is 6.42 Å². The summed E-state index contributed by atoms with van der Waals surface area (Å²) in [5.74, 6) is 1.00. The molecule has 1 amide bonds. The number of ether oxygens (including phenoxy) is 1. The van der Waals surface area contributed by atoms with Crippen LogP contribution in [0.25, 0.3) is 0 Å². The van der Waals surface area contributed by atoms with Crippen LogP contribution >= 0.6 is 0 Å². The molecular formula is C21H27NO2. The maximum absolute atomic E-state index is 12.1. The van der Waals surface area contributed by atoms with Crippen LogP contribution in [0, 0.1) is 6.92 Å². The Labute approximate surface area is 145 Å². The van der Waals surface area contributed by atoms with Crippen molar-refractivity contribution < 1.29 is 9.53 Å². The lowest BCUT2D eigenvalue weighted by atomic mass is 10.0. The molecule has 3 heteroatoms. The van der Waals surface area contributed by atoms with E-state index in [9.17, 15) is 4.79 Å². The molecule has 2 aromatic carbocycles. The summed E-state index contributed by atoms with van der Waals surface area (Å²) < 4.78 is 5.26. The number of hydrogen-bond acceptors (Lipinski definition) is 2. The largest absolute Gasteiger partial charge is 0.496 e. The van der Waals surface area contributed by atoms with E-state index in [0.717, 1.165) is 30.6 Å². The van der Waals surface area contributed by atoms with Crippen LogP contribution in [0.5, 0.6) is 5.75 Å². The molecule has 0 aliphatic rings. The summed E-state index contributed by atoms with van der Waals surface area (Å²) in [7, 11) is 1.67. The van der Waals surface area contributed by atoms with Crippen LogP contribution in [0.3, 0.4) is 0 Å². The molecule has 3 nitrogen and oxygen atoms in total. The van der Waals surface area contributed by atoms with Gasteiger partial charge in [0.1, 0.15) is 5.75 Å². The number of amides is 1. The monoisotopic (exact) mass is 325 g/mol. The first kappa shape index (κ1) is 18.1. The summed E-state index contributed by atoms with van der Waals surface area (Å²) in [6, 6.07) is 16.6. The lowest BCUT2D eigenvalue weighted by molar-refractivity contribution is -0.121. The van der Waals surface area contributed by atoms with Crippen molar-refractivity contribution in [2.45, 2.75) is 45.6 Å². The molecule has 24 heavy (non-hydrogen) atoms. The van der Waals surface area contributed by atoms with Gasteiger partial charge in [-0.1, -0.05) is 42.5 Å². The zero-order valence-electron chi connectivity index (χ0n) is 14.8. The fourth-order valence-corrected chi connectivity index (χ4v) is 2.80. The Balaban J connectivity index is 1.73. The average Bonchev–Trinajstić information content (AvgIpc) is 2.59. The molecule has 1 N–H and O–H groups in total. The number of hydrogen-bond donors (Lipinski definition) is 1. The molecule has 0 spiro atoms. The summed E-state index contributed by atoms with van der Waals surface area (Å²) in [4.78, 5) is 12.1.